The van der Waals surface area contributed by atoms with Crippen molar-refractivity contribution in [2.45, 2.75) is 38.5 Å². The van der Waals surface area contributed by atoms with Crippen LogP contribution in [0.25, 0.3) is 0 Å². The lowest BCUT2D eigenvalue weighted by molar-refractivity contribution is 0.249. The van der Waals surface area contributed by atoms with Gasteiger partial charge in [-0.15, -0.1) is 11.6 Å². The molecule has 3 heteroatoms. The number of methoxy groups -OCH3 is 2. The first-order valence-corrected chi connectivity index (χ1v) is 7.29. The topological polar surface area (TPSA) is 18.5 Å². The zero-order chi connectivity index (χ0) is 14.0. The zero-order valence-electron chi connectivity index (χ0n) is 12.2. The van der Waals surface area contributed by atoms with E-state index >= 15 is 0 Å². The van der Waals surface area contributed by atoms with E-state index in [-0.39, 0.29) is 5.38 Å². The van der Waals surface area contributed by atoms with Gasteiger partial charge in [0, 0.05) is 5.56 Å². The summed E-state index contributed by atoms with van der Waals surface area (Å²) in [6, 6.07) is 5.85. The van der Waals surface area contributed by atoms with Crippen molar-refractivity contribution in [3.8, 4) is 11.5 Å². The summed E-state index contributed by atoms with van der Waals surface area (Å²) in [5.74, 6) is 2.16. The van der Waals surface area contributed by atoms with Crippen LogP contribution in [0.1, 0.15) is 44.1 Å². The Morgan fingerprint density at radius 3 is 2.53 bits per heavy atom. The predicted molar refractivity (Wildman–Crippen MR) is 79.3 cm³/mol. The van der Waals surface area contributed by atoms with Gasteiger partial charge in [-0.1, -0.05) is 20.3 Å². The molecule has 1 fully saturated rings. The standard InChI is InChI=1S/C16H23ClO2/c1-16(2)9-5-6-13(16)15(17)12-10-11(18-3)7-8-14(12)19-4/h7-8,10,13,15H,5-6,9H2,1-4H3. The van der Waals surface area contributed by atoms with Crippen LogP contribution < -0.4 is 9.47 Å². The Morgan fingerprint density at radius 1 is 1.26 bits per heavy atom. The minimum atomic E-state index is -0.0254. The summed E-state index contributed by atoms with van der Waals surface area (Å²) < 4.78 is 10.8. The summed E-state index contributed by atoms with van der Waals surface area (Å²) in [6.45, 7) is 4.62. The van der Waals surface area contributed by atoms with Crippen molar-refractivity contribution in [2.24, 2.45) is 11.3 Å². The number of benzene rings is 1. The first-order chi connectivity index (χ1) is 8.99. The molecule has 0 aliphatic heterocycles. The molecule has 0 N–H and O–H groups in total. The fraction of sp³-hybridized carbons (Fsp3) is 0.625. The maximum Gasteiger partial charge on any atom is 0.123 e. The van der Waals surface area contributed by atoms with Crippen molar-refractivity contribution in [3.05, 3.63) is 23.8 Å². The van der Waals surface area contributed by atoms with Gasteiger partial charge in [0.1, 0.15) is 11.5 Å². The number of rotatable bonds is 4. The average Bonchev–Trinajstić information content (AvgIpc) is 2.76. The fourth-order valence-corrected chi connectivity index (χ4v) is 3.81. The predicted octanol–water partition coefficient (Wildman–Crippen LogP) is 4.81. The molecule has 2 rings (SSSR count). The lowest BCUT2D eigenvalue weighted by Gasteiger charge is -2.31. The fourth-order valence-electron chi connectivity index (χ4n) is 3.17. The highest BCUT2D eigenvalue weighted by Crippen LogP contribution is 2.52. The maximum atomic E-state index is 6.77. The molecule has 0 spiro atoms. The second-order valence-electron chi connectivity index (χ2n) is 6.00. The summed E-state index contributed by atoms with van der Waals surface area (Å²) in [7, 11) is 3.36. The molecule has 2 atom stereocenters. The Labute approximate surface area is 121 Å². The third kappa shape index (κ3) is 2.84. The quantitative estimate of drug-likeness (QED) is 0.738. The summed E-state index contributed by atoms with van der Waals surface area (Å²) in [4.78, 5) is 0. The summed E-state index contributed by atoms with van der Waals surface area (Å²) in [6.07, 6.45) is 3.68. The Hall–Kier alpha value is -0.890. The van der Waals surface area contributed by atoms with E-state index in [1.807, 2.05) is 18.2 Å². The van der Waals surface area contributed by atoms with E-state index in [0.29, 0.717) is 11.3 Å². The SMILES string of the molecule is COc1ccc(OC)c(C(Cl)C2CCCC2(C)C)c1. The molecule has 1 saturated carbocycles. The smallest absolute Gasteiger partial charge is 0.123 e. The summed E-state index contributed by atoms with van der Waals surface area (Å²) >= 11 is 6.77. The molecule has 0 amide bonds. The van der Waals surface area contributed by atoms with E-state index < -0.39 is 0 Å². The highest BCUT2D eigenvalue weighted by molar-refractivity contribution is 6.21. The van der Waals surface area contributed by atoms with E-state index in [0.717, 1.165) is 17.1 Å². The molecule has 19 heavy (non-hydrogen) atoms. The van der Waals surface area contributed by atoms with Gasteiger partial charge in [-0.3, -0.25) is 0 Å². The molecule has 0 radical (unpaired) electrons. The number of halogens is 1. The van der Waals surface area contributed by atoms with Crippen LogP contribution >= 0.6 is 11.6 Å². The van der Waals surface area contributed by atoms with Crippen molar-refractivity contribution in [1.29, 1.82) is 0 Å². The van der Waals surface area contributed by atoms with E-state index in [9.17, 15) is 0 Å². The lowest BCUT2D eigenvalue weighted by Crippen LogP contribution is -2.21. The zero-order valence-corrected chi connectivity index (χ0v) is 13.0. The Bertz CT molecular complexity index is 442. The average molecular weight is 283 g/mol. The van der Waals surface area contributed by atoms with Crippen LogP contribution in [0.3, 0.4) is 0 Å². The molecule has 2 unspecified atom stereocenters. The van der Waals surface area contributed by atoms with Crippen LogP contribution in [0.2, 0.25) is 0 Å². The van der Waals surface area contributed by atoms with Crippen LogP contribution in [-0.2, 0) is 0 Å². The molecular weight excluding hydrogens is 260 g/mol. The van der Waals surface area contributed by atoms with Gasteiger partial charge in [-0.25, -0.2) is 0 Å². The van der Waals surface area contributed by atoms with Gasteiger partial charge >= 0.3 is 0 Å². The highest BCUT2D eigenvalue weighted by atomic mass is 35.5. The van der Waals surface area contributed by atoms with E-state index in [2.05, 4.69) is 13.8 Å². The Kier molecular flexibility index (Phi) is 4.29. The molecule has 1 aliphatic carbocycles. The van der Waals surface area contributed by atoms with E-state index in [1.54, 1.807) is 14.2 Å². The first kappa shape index (κ1) is 14.5. The van der Waals surface area contributed by atoms with Gasteiger partial charge in [0.2, 0.25) is 0 Å². The van der Waals surface area contributed by atoms with Crippen molar-refractivity contribution in [1.82, 2.24) is 0 Å². The van der Waals surface area contributed by atoms with Crippen molar-refractivity contribution < 1.29 is 9.47 Å². The maximum absolute atomic E-state index is 6.77. The molecule has 1 aliphatic rings. The van der Waals surface area contributed by atoms with E-state index in [1.165, 1.54) is 19.3 Å². The molecule has 2 nitrogen and oxygen atoms in total. The van der Waals surface area contributed by atoms with Crippen molar-refractivity contribution >= 4 is 11.6 Å². The number of ether oxygens (including phenoxy) is 2. The summed E-state index contributed by atoms with van der Waals surface area (Å²) in [5.41, 5.74) is 1.34. The second kappa shape index (κ2) is 5.62. The molecule has 0 aromatic heterocycles. The van der Waals surface area contributed by atoms with Crippen LogP contribution in [-0.4, -0.2) is 14.2 Å². The minimum Gasteiger partial charge on any atom is -0.497 e. The molecule has 0 heterocycles. The minimum absolute atomic E-state index is 0.0254. The van der Waals surface area contributed by atoms with Gasteiger partial charge in [0.05, 0.1) is 19.6 Å². The van der Waals surface area contributed by atoms with Crippen LogP contribution in [0.15, 0.2) is 18.2 Å². The van der Waals surface area contributed by atoms with Crippen molar-refractivity contribution in [3.63, 3.8) is 0 Å². The van der Waals surface area contributed by atoms with E-state index in [4.69, 9.17) is 21.1 Å². The van der Waals surface area contributed by atoms with Gasteiger partial charge < -0.3 is 9.47 Å². The molecule has 106 valence electrons. The highest BCUT2D eigenvalue weighted by Gasteiger charge is 2.40. The van der Waals surface area contributed by atoms with Gasteiger partial charge in [0.15, 0.2) is 0 Å². The van der Waals surface area contributed by atoms with Crippen molar-refractivity contribution in [2.75, 3.05) is 14.2 Å². The normalized spacial score (nSPS) is 23.1. The monoisotopic (exact) mass is 282 g/mol. The Balaban J connectivity index is 2.34. The molecule has 1 aromatic carbocycles. The number of hydrogen-bond donors (Lipinski definition) is 0. The Morgan fingerprint density at radius 2 is 2.00 bits per heavy atom. The van der Waals surface area contributed by atoms with Crippen LogP contribution in [0, 0.1) is 11.3 Å². The van der Waals surface area contributed by atoms with Gasteiger partial charge in [-0.05, 0) is 42.4 Å². The largest absolute Gasteiger partial charge is 0.497 e. The lowest BCUT2D eigenvalue weighted by atomic mass is 9.78. The third-order valence-corrected chi connectivity index (χ3v) is 4.97. The number of alkyl halides is 1. The van der Waals surface area contributed by atoms with Gasteiger partial charge in [0.25, 0.3) is 0 Å². The van der Waals surface area contributed by atoms with Crippen LogP contribution in [0.4, 0.5) is 0 Å². The first-order valence-electron chi connectivity index (χ1n) is 6.85. The molecule has 1 aromatic rings. The van der Waals surface area contributed by atoms with Gasteiger partial charge in [-0.2, -0.15) is 0 Å². The number of hydrogen-bond acceptors (Lipinski definition) is 2. The molecule has 0 bridgehead atoms. The molecular formula is C16H23ClO2. The summed E-state index contributed by atoms with van der Waals surface area (Å²) in [5, 5.41) is -0.0254. The third-order valence-electron chi connectivity index (χ3n) is 4.43. The van der Waals surface area contributed by atoms with Crippen LogP contribution in [0.5, 0.6) is 11.5 Å². The molecule has 0 saturated heterocycles. The second-order valence-corrected chi connectivity index (χ2v) is 6.47.